The molecule has 2 aromatic rings. The van der Waals surface area contributed by atoms with Gasteiger partial charge in [0.25, 0.3) is 15.9 Å². The molecule has 0 bridgehead atoms. The Labute approximate surface area is 153 Å². The monoisotopic (exact) mass is 383 g/mol. The molecule has 0 spiro atoms. The van der Waals surface area contributed by atoms with Crippen molar-refractivity contribution < 1.29 is 18.0 Å². The van der Waals surface area contributed by atoms with Gasteiger partial charge in [-0.05, 0) is 5.92 Å². The Balaban J connectivity index is 1.79. The van der Waals surface area contributed by atoms with E-state index >= 15 is 0 Å². The van der Waals surface area contributed by atoms with Crippen LogP contribution in [0.5, 0.6) is 0 Å². The van der Waals surface area contributed by atoms with E-state index in [2.05, 4.69) is 15.1 Å². The lowest BCUT2D eigenvalue weighted by atomic mass is 10.0. The van der Waals surface area contributed by atoms with E-state index in [0.29, 0.717) is 18.3 Å². The zero-order chi connectivity index (χ0) is 19.1. The van der Waals surface area contributed by atoms with Gasteiger partial charge in [-0.1, -0.05) is 32.9 Å². The highest BCUT2D eigenvalue weighted by atomic mass is 32.2. The van der Waals surface area contributed by atoms with Gasteiger partial charge in [-0.15, -0.1) is 0 Å². The molecule has 1 atom stereocenters. The van der Waals surface area contributed by atoms with Gasteiger partial charge in [-0.3, -0.25) is 0 Å². The molecule has 2 aromatic heterocycles. The fraction of sp³-hybridized carbons (Fsp3) is 0.688. The average molecular weight is 383 g/mol. The number of imidazole rings is 1. The highest BCUT2D eigenvalue weighted by molar-refractivity contribution is 7.89. The third kappa shape index (κ3) is 3.53. The number of aliphatic hydroxyl groups is 1. The molecule has 1 saturated heterocycles. The van der Waals surface area contributed by atoms with Crippen LogP contribution in [0.3, 0.4) is 0 Å². The minimum absolute atomic E-state index is 0.0178. The van der Waals surface area contributed by atoms with E-state index in [4.69, 9.17) is 4.52 Å². The summed E-state index contributed by atoms with van der Waals surface area (Å²) in [7, 11) is -3.79. The number of hydrogen-bond acceptors (Lipinski definition) is 7. The predicted molar refractivity (Wildman–Crippen MR) is 92.7 cm³/mol. The van der Waals surface area contributed by atoms with Gasteiger partial charge in [-0.2, -0.15) is 9.29 Å². The maximum Gasteiger partial charge on any atom is 0.262 e. The fourth-order valence-electron chi connectivity index (χ4n) is 2.92. The van der Waals surface area contributed by atoms with E-state index in [0.717, 1.165) is 0 Å². The van der Waals surface area contributed by atoms with E-state index in [1.54, 1.807) is 4.57 Å². The normalized spacial score (nSPS) is 22.0. The van der Waals surface area contributed by atoms with Crippen molar-refractivity contribution in [1.82, 2.24) is 24.0 Å². The second-order valence-corrected chi connectivity index (χ2v) is 9.42. The van der Waals surface area contributed by atoms with Crippen LogP contribution in [0.1, 0.15) is 51.7 Å². The maximum atomic E-state index is 12.8. The van der Waals surface area contributed by atoms with Gasteiger partial charge >= 0.3 is 0 Å². The lowest BCUT2D eigenvalue weighted by Gasteiger charge is -2.18. The van der Waals surface area contributed by atoms with Gasteiger partial charge in [0.2, 0.25) is 0 Å². The largest absolute Gasteiger partial charge is 0.379 e. The van der Waals surface area contributed by atoms with Crippen LogP contribution in [-0.4, -0.2) is 50.6 Å². The van der Waals surface area contributed by atoms with Crippen molar-refractivity contribution in [2.45, 2.75) is 57.2 Å². The molecule has 10 heteroatoms. The van der Waals surface area contributed by atoms with Gasteiger partial charge in [-0.25, -0.2) is 13.4 Å². The molecule has 0 aromatic carbocycles. The van der Waals surface area contributed by atoms with E-state index < -0.39 is 15.6 Å². The zero-order valence-corrected chi connectivity index (χ0v) is 16.3. The molecule has 0 amide bonds. The number of β-amino-alcohol motifs (C(OH)–C–C–N with tert-alkyl or cyclic N) is 1. The molecule has 0 radical (unpaired) electrons. The Kier molecular flexibility index (Phi) is 4.93. The van der Waals surface area contributed by atoms with E-state index in [9.17, 15) is 13.5 Å². The lowest BCUT2D eigenvalue weighted by molar-refractivity contribution is 0.0194. The topological polar surface area (TPSA) is 114 Å². The zero-order valence-electron chi connectivity index (χ0n) is 15.5. The van der Waals surface area contributed by atoms with Crippen LogP contribution >= 0.6 is 0 Å². The number of aromatic nitrogens is 4. The number of hydrogen-bond donors (Lipinski definition) is 1. The number of sulfonamides is 1. The summed E-state index contributed by atoms with van der Waals surface area (Å²) in [6, 6.07) is 0. The molecule has 1 fully saturated rings. The molecule has 144 valence electrons. The molecule has 1 aliphatic rings. The average Bonchev–Trinajstić information content (AvgIpc) is 3.25. The van der Waals surface area contributed by atoms with Crippen molar-refractivity contribution in [3.63, 3.8) is 0 Å². The van der Waals surface area contributed by atoms with Crippen molar-refractivity contribution in [1.29, 1.82) is 0 Å². The molecule has 26 heavy (non-hydrogen) atoms. The Morgan fingerprint density at radius 1 is 1.35 bits per heavy atom. The molecule has 3 rings (SSSR count). The number of rotatable bonds is 6. The van der Waals surface area contributed by atoms with Crippen LogP contribution in [0, 0.1) is 5.92 Å². The molecule has 1 aliphatic heterocycles. The van der Waals surface area contributed by atoms with Crippen LogP contribution in [0.15, 0.2) is 22.1 Å². The van der Waals surface area contributed by atoms with E-state index in [-0.39, 0.29) is 36.3 Å². The summed E-state index contributed by atoms with van der Waals surface area (Å²) in [5.74, 6) is 0.984. The summed E-state index contributed by atoms with van der Waals surface area (Å²) >= 11 is 0. The molecule has 0 aliphatic carbocycles. The van der Waals surface area contributed by atoms with Gasteiger partial charge in [0.1, 0.15) is 0 Å². The molecular formula is C16H25N5O4S. The minimum Gasteiger partial charge on any atom is -0.379 e. The van der Waals surface area contributed by atoms with Crippen LogP contribution in [0.2, 0.25) is 0 Å². The molecule has 3 heterocycles. The quantitative estimate of drug-likeness (QED) is 0.800. The van der Waals surface area contributed by atoms with Crippen LogP contribution in [0.25, 0.3) is 0 Å². The predicted octanol–water partition coefficient (Wildman–Crippen LogP) is 1.33. The Morgan fingerprint density at radius 3 is 2.69 bits per heavy atom. The maximum absolute atomic E-state index is 12.8. The van der Waals surface area contributed by atoms with Crippen LogP contribution in [-0.2, 0) is 22.2 Å². The highest BCUT2D eigenvalue weighted by Crippen LogP contribution is 2.34. The summed E-state index contributed by atoms with van der Waals surface area (Å²) < 4.78 is 33.8. The SMILES string of the molecule is CC(C)Cn1cnc(S(=O)(=O)N2CC[C@](O)(c3nc(C(C)C)no3)C2)c1. The van der Waals surface area contributed by atoms with Crippen LogP contribution < -0.4 is 0 Å². The number of nitrogens with zero attached hydrogens (tertiary/aromatic N) is 5. The van der Waals surface area contributed by atoms with Crippen molar-refractivity contribution in [2.75, 3.05) is 13.1 Å². The first-order valence-electron chi connectivity index (χ1n) is 8.70. The van der Waals surface area contributed by atoms with Crippen molar-refractivity contribution >= 4 is 10.0 Å². The first kappa shape index (κ1) is 19.0. The smallest absolute Gasteiger partial charge is 0.262 e. The first-order valence-corrected chi connectivity index (χ1v) is 10.1. The van der Waals surface area contributed by atoms with E-state index in [1.807, 2.05) is 27.7 Å². The van der Waals surface area contributed by atoms with Crippen molar-refractivity contribution in [2.24, 2.45) is 5.92 Å². The summed E-state index contributed by atoms with van der Waals surface area (Å²) in [6.45, 7) is 8.64. The van der Waals surface area contributed by atoms with Gasteiger partial charge < -0.3 is 14.2 Å². The Bertz CT molecular complexity index is 873. The Morgan fingerprint density at radius 2 is 2.08 bits per heavy atom. The highest BCUT2D eigenvalue weighted by Gasteiger charge is 2.47. The molecule has 9 nitrogen and oxygen atoms in total. The first-order chi connectivity index (χ1) is 12.1. The summed E-state index contributed by atoms with van der Waals surface area (Å²) in [4.78, 5) is 8.25. The second kappa shape index (κ2) is 6.75. The minimum atomic E-state index is -3.79. The second-order valence-electron chi connectivity index (χ2n) is 7.54. The molecular weight excluding hydrogens is 358 g/mol. The summed E-state index contributed by atoms with van der Waals surface area (Å²) in [6.07, 6.45) is 3.23. The van der Waals surface area contributed by atoms with Gasteiger partial charge in [0, 0.05) is 31.6 Å². The summed E-state index contributed by atoms with van der Waals surface area (Å²) in [5.41, 5.74) is -1.48. The third-order valence-electron chi connectivity index (χ3n) is 4.36. The molecule has 0 saturated carbocycles. The lowest BCUT2D eigenvalue weighted by Crippen LogP contribution is -2.34. The van der Waals surface area contributed by atoms with Crippen molar-refractivity contribution in [3.05, 3.63) is 24.2 Å². The van der Waals surface area contributed by atoms with E-state index in [1.165, 1.54) is 16.8 Å². The third-order valence-corrected chi connectivity index (χ3v) is 6.09. The van der Waals surface area contributed by atoms with Crippen LogP contribution in [0.4, 0.5) is 0 Å². The Hall–Kier alpha value is -1.78. The fourth-order valence-corrected chi connectivity index (χ4v) is 4.35. The molecule has 1 N–H and O–H groups in total. The van der Waals surface area contributed by atoms with Crippen molar-refractivity contribution in [3.8, 4) is 0 Å². The summed E-state index contributed by atoms with van der Waals surface area (Å²) in [5, 5.41) is 14.7. The molecule has 0 unspecified atom stereocenters. The van der Waals surface area contributed by atoms with Gasteiger partial charge in [0.15, 0.2) is 16.5 Å². The van der Waals surface area contributed by atoms with Gasteiger partial charge in [0.05, 0.1) is 12.9 Å². The standard InChI is InChI=1S/C16H25N5O4S/c1-11(2)7-20-8-13(17-10-20)26(23,24)21-6-5-16(22,9-21)15-18-14(12(3)4)19-25-15/h8,10-12,22H,5-7,9H2,1-4H3/t16-/m1/s1.